The Hall–Kier alpha value is -2.37. The van der Waals surface area contributed by atoms with Gasteiger partial charge in [-0.05, 0) is 41.5 Å². The van der Waals surface area contributed by atoms with Crippen molar-refractivity contribution in [2.24, 2.45) is 0 Å². The molecule has 0 aromatic carbocycles. The van der Waals surface area contributed by atoms with Crippen LogP contribution in [-0.2, 0) is 19.1 Å². The second kappa shape index (κ2) is 13.0. The Kier molecular flexibility index (Phi) is 12.0. The summed E-state index contributed by atoms with van der Waals surface area (Å²) < 4.78 is 9.94. The van der Waals surface area contributed by atoms with E-state index in [9.17, 15) is 19.2 Å². The molecule has 7 N–H and O–H groups in total. The van der Waals surface area contributed by atoms with E-state index in [2.05, 4.69) is 31.9 Å². The van der Waals surface area contributed by atoms with Gasteiger partial charge in [-0.25, -0.2) is 20.4 Å². The predicted octanol–water partition coefficient (Wildman–Crippen LogP) is 0.864. The second-order valence-corrected chi connectivity index (χ2v) is 9.54. The van der Waals surface area contributed by atoms with Gasteiger partial charge >= 0.3 is 12.2 Å². The molecule has 0 bridgehead atoms. The molecule has 0 fully saturated rings. The number of carbonyl (C=O) groups is 4. The summed E-state index contributed by atoms with van der Waals surface area (Å²) in [5.74, 6) is -0.897. The van der Waals surface area contributed by atoms with Gasteiger partial charge < -0.3 is 9.47 Å². The van der Waals surface area contributed by atoms with Crippen molar-refractivity contribution in [3.05, 3.63) is 0 Å². The minimum Gasteiger partial charge on any atom is -0.443 e. The molecule has 0 saturated heterocycles. The molecule has 0 aliphatic heterocycles. The SMILES string of the molecule is CC(C)(C)OC(=O)NNC(=O)CCN[PH](=N)NCCC(=O)NNC(=O)OC(C)(C)C. The Morgan fingerprint density at radius 3 is 1.33 bits per heavy atom. The Bertz CT molecular complexity index is 579. The lowest BCUT2D eigenvalue weighted by Gasteiger charge is -2.19. The molecule has 0 aromatic rings. The molecule has 30 heavy (non-hydrogen) atoms. The van der Waals surface area contributed by atoms with E-state index in [1.165, 1.54) is 0 Å². The summed E-state index contributed by atoms with van der Waals surface area (Å²) >= 11 is 0. The predicted molar refractivity (Wildman–Crippen MR) is 111 cm³/mol. The number of nitrogens with one attached hydrogen (secondary N) is 7. The van der Waals surface area contributed by atoms with E-state index in [0.717, 1.165) is 0 Å². The summed E-state index contributed by atoms with van der Waals surface area (Å²) in [5.41, 5.74) is 7.32. The third kappa shape index (κ3) is 17.7. The van der Waals surface area contributed by atoms with Crippen LogP contribution in [0.2, 0.25) is 0 Å². The van der Waals surface area contributed by atoms with Crippen LogP contribution in [0.15, 0.2) is 0 Å². The van der Waals surface area contributed by atoms with E-state index >= 15 is 0 Å². The van der Waals surface area contributed by atoms with E-state index in [1.807, 2.05) is 0 Å². The molecule has 0 spiro atoms. The maximum atomic E-state index is 11.6. The standard InChI is InChI=1S/C16H34N7O6P/c1-15(2,3)28-13(26)22-20-11(24)7-9-18-30(17)19-10-8-12(25)21-23-14(27)29-16(4,5)6/h30H,7-10H2,1-6H3,(H,20,24)(H,21,25)(H,22,26)(H,23,27)(H3,17,18,19). The smallest absolute Gasteiger partial charge is 0.426 e. The van der Waals surface area contributed by atoms with Gasteiger partial charge in [-0.3, -0.25) is 35.8 Å². The molecule has 0 aromatic heterocycles. The van der Waals surface area contributed by atoms with Crippen LogP contribution in [0.5, 0.6) is 0 Å². The van der Waals surface area contributed by atoms with Gasteiger partial charge in [0, 0.05) is 25.9 Å². The van der Waals surface area contributed by atoms with Gasteiger partial charge in [-0.1, -0.05) is 0 Å². The number of ether oxygens (including phenoxy) is 2. The zero-order chi connectivity index (χ0) is 23.4. The number of rotatable bonds is 8. The highest BCUT2D eigenvalue weighted by Crippen LogP contribution is 2.08. The van der Waals surface area contributed by atoms with Crippen LogP contribution < -0.4 is 31.9 Å². The minimum absolute atomic E-state index is 0.0326. The highest BCUT2D eigenvalue weighted by Gasteiger charge is 2.17. The highest BCUT2D eigenvalue weighted by molar-refractivity contribution is 7.41. The molecule has 0 aliphatic rings. The van der Waals surface area contributed by atoms with Crippen molar-refractivity contribution >= 4 is 32.0 Å². The summed E-state index contributed by atoms with van der Waals surface area (Å²) in [6.07, 6.45) is -1.47. The zero-order valence-electron chi connectivity index (χ0n) is 18.3. The highest BCUT2D eigenvalue weighted by atomic mass is 31.1. The molecule has 0 radical (unpaired) electrons. The fourth-order valence-corrected chi connectivity index (χ4v) is 2.51. The van der Waals surface area contributed by atoms with Crippen molar-refractivity contribution in [2.45, 2.75) is 65.6 Å². The molecule has 4 amide bonds. The Labute approximate surface area is 177 Å². The van der Waals surface area contributed by atoms with Crippen LogP contribution in [0, 0.1) is 5.16 Å². The summed E-state index contributed by atoms with van der Waals surface area (Å²) in [6, 6.07) is 0. The summed E-state index contributed by atoms with van der Waals surface area (Å²) in [6.45, 7) is 10.6. The number of amides is 4. The second-order valence-electron chi connectivity index (χ2n) is 8.08. The molecule has 0 rings (SSSR count). The Morgan fingerprint density at radius 2 is 1.03 bits per heavy atom. The van der Waals surface area contributed by atoms with Gasteiger partial charge in [0.2, 0.25) is 11.8 Å². The maximum Gasteiger partial charge on any atom is 0.426 e. The molecule has 0 aliphatic carbocycles. The van der Waals surface area contributed by atoms with Crippen LogP contribution in [0.3, 0.4) is 0 Å². The molecule has 0 unspecified atom stereocenters. The van der Waals surface area contributed by atoms with Gasteiger partial charge in [0.25, 0.3) is 0 Å². The molecule has 0 heterocycles. The maximum absolute atomic E-state index is 11.6. The normalized spacial score (nSPS) is 11.4. The van der Waals surface area contributed by atoms with Crippen LogP contribution in [0.25, 0.3) is 0 Å². The van der Waals surface area contributed by atoms with Crippen molar-refractivity contribution in [3.63, 3.8) is 0 Å². The fraction of sp³-hybridized carbons (Fsp3) is 0.750. The van der Waals surface area contributed by atoms with Crippen molar-refractivity contribution in [1.82, 2.24) is 31.9 Å². The Balaban J connectivity index is 3.83. The Morgan fingerprint density at radius 1 is 0.700 bits per heavy atom. The summed E-state index contributed by atoms with van der Waals surface area (Å²) in [5, 5.41) is 13.5. The third-order valence-corrected chi connectivity index (χ3v) is 3.92. The third-order valence-electron chi connectivity index (χ3n) is 2.71. The quantitative estimate of drug-likeness (QED) is 0.209. The average Bonchev–Trinajstić information content (AvgIpc) is 2.55. The number of hydrogen-bond acceptors (Lipinski definition) is 7. The monoisotopic (exact) mass is 451 g/mol. The average molecular weight is 451 g/mol. The van der Waals surface area contributed by atoms with Gasteiger partial charge in [0.1, 0.15) is 11.2 Å². The largest absolute Gasteiger partial charge is 0.443 e. The van der Waals surface area contributed by atoms with Crippen LogP contribution in [-0.4, -0.2) is 48.3 Å². The van der Waals surface area contributed by atoms with E-state index in [4.69, 9.17) is 14.6 Å². The zero-order valence-corrected chi connectivity index (χ0v) is 19.3. The number of carbonyl (C=O) groups excluding carboxylic acids is 4. The van der Waals surface area contributed by atoms with Crippen LogP contribution >= 0.6 is 8.01 Å². The van der Waals surface area contributed by atoms with E-state index < -0.39 is 43.2 Å². The van der Waals surface area contributed by atoms with Crippen LogP contribution in [0.1, 0.15) is 54.4 Å². The number of hydrogen-bond donors (Lipinski definition) is 7. The first kappa shape index (κ1) is 27.6. The van der Waals surface area contributed by atoms with Crippen molar-refractivity contribution in [1.29, 1.82) is 5.16 Å². The fourth-order valence-electron chi connectivity index (χ4n) is 1.64. The molecule has 0 saturated carbocycles. The summed E-state index contributed by atoms with van der Waals surface area (Å²) in [7, 11) is -1.92. The van der Waals surface area contributed by atoms with Gasteiger partial charge in [0.05, 0.1) is 8.01 Å². The van der Waals surface area contributed by atoms with Gasteiger partial charge in [0.15, 0.2) is 0 Å². The van der Waals surface area contributed by atoms with Crippen LogP contribution in [0.4, 0.5) is 9.59 Å². The molecule has 0 atom stereocenters. The molecule has 14 heteroatoms. The topological polar surface area (TPSA) is 183 Å². The summed E-state index contributed by atoms with van der Waals surface area (Å²) in [4.78, 5) is 46.0. The van der Waals surface area contributed by atoms with E-state index in [-0.39, 0.29) is 25.9 Å². The van der Waals surface area contributed by atoms with Gasteiger partial charge in [-0.15, -0.1) is 0 Å². The van der Waals surface area contributed by atoms with E-state index in [1.54, 1.807) is 41.5 Å². The van der Waals surface area contributed by atoms with Crippen molar-refractivity contribution in [2.75, 3.05) is 13.1 Å². The first-order chi connectivity index (χ1) is 13.7. The lowest BCUT2D eigenvalue weighted by atomic mass is 10.2. The van der Waals surface area contributed by atoms with Gasteiger partial charge in [-0.2, -0.15) is 0 Å². The lowest BCUT2D eigenvalue weighted by molar-refractivity contribution is -0.122. The molecule has 174 valence electrons. The van der Waals surface area contributed by atoms with Crippen molar-refractivity contribution < 1.29 is 28.7 Å². The van der Waals surface area contributed by atoms with Crippen molar-refractivity contribution in [3.8, 4) is 0 Å². The molecular weight excluding hydrogens is 417 g/mol. The van der Waals surface area contributed by atoms with E-state index in [0.29, 0.717) is 0 Å². The number of hydrazine groups is 2. The molecule has 13 nitrogen and oxygen atoms in total. The molecular formula is C16H34N7O6P. The first-order valence-corrected chi connectivity index (χ1v) is 10.8. The minimum atomic E-state index is -1.92. The first-order valence-electron chi connectivity index (χ1n) is 9.30. The lowest BCUT2D eigenvalue weighted by Crippen LogP contribution is -2.45.